The molecule has 0 heterocycles. The molecular formula is C15H10O2-2. The maximum Gasteiger partial charge on any atom is 0.0623 e. The Hall–Kier alpha value is -2.35. The minimum atomic E-state index is -0.299. The Labute approximate surface area is 99.8 Å². The second kappa shape index (κ2) is 5.12. The summed E-state index contributed by atoms with van der Waals surface area (Å²) in [5.74, 6) is -0.299. The smallest absolute Gasteiger partial charge is 0.0623 e. The highest BCUT2D eigenvalue weighted by atomic mass is 16.3. The van der Waals surface area contributed by atoms with Crippen LogP contribution in [0.15, 0.2) is 60.7 Å². The number of rotatable bonds is 3. The van der Waals surface area contributed by atoms with Crippen molar-refractivity contribution in [2.75, 3.05) is 0 Å². The summed E-state index contributed by atoms with van der Waals surface area (Å²) in [5, 5.41) is 12.1. The second-order valence-corrected chi connectivity index (χ2v) is 3.54. The lowest BCUT2D eigenvalue weighted by atomic mass is 10.0. The summed E-state index contributed by atoms with van der Waals surface area (Å²) < 4.78 is 0. The summed E-state index contributed by atoms with van der Waals surface area (Å²) in [6.45, 7) is 0. The Bertz CT molecular complexity index is 527. The molecule has 84 valence electrons. The van der Waals surface area contributed by atoms with E-state index in [0.717, 1.165) is 0 Å². The van der Waals surface area contributed by atoms with Crippen LogP contribution in [0.2, 0.25) is 0 Å². The third-order valence-electron chi connectivity index (χ3n) is 2.43. The van der Waals surface area contributed by atoms with E-state index in [2.05, 4.69) is 0 Å². The van der Waals surface area contributed by atoms with Gasteiger partial charge in [0.15, 0.2) is 0 Å². The van der Waals surface area contributed by atoms with Gasteiger partial charge in [0.2, 0.25) is 0 Å². The summed E-state index contributed by atoms with van der Waals surface area (Å²) in [6.07, 6.45) is 1.73. The average Bonchev–Trinajstić information content (AvgIpc) is 2.42. The standard InChI is InChI=1S/C15H11O2/c16-11-14(12-7-3-1-4-8-12)15(17)13-9-5-2-6-10-13/h1-10,17H/q-1/p-1/b15-14+. The molecule has 2 aromatic carbocycles. The van der Waals surface area contributed by atoms with Crippen molar-refractivity contribution in [3.63, 3.8) is 0 Å². The molecule has 0 amide bonds. The zero-order chi connectivity index (χ0) is 12.1. The van der Waals surface area contributed by atoms with Gasteiger partial charge in [-0.2, -0.15) is 5.57 Å². The molecule has 0 N–H and O–H groups in total. The fourth-order valence-electron chi connectivity index (χ4n) is 1.58. The molecule has 0 saturated carbocycles. The summed E-state index contributed by atoms with van der Waals surface area (Å²) in [4.78, 5) is 10.9. The lowest BCUT2D eigenvalue weighted by Crippen LogP contribution is -2.06. The normalized spacial score (nSPS) is 11.8. The quantitative estimate of drug-likeness (QED) is 0.345. The van der Waals surface area contributed by atoms with Crippen LogP contribution in [0.3, 0.4) is 0 Å². The van der Waals surface area contributed by atoms with E-state index in [9.17, 15) is 9.90 Å². The number of hydrogen-bond acceptors (Lipinski definition) is 2. The van der Waals surface area contributed by atoms with Gasteiger partial charge in [0.1, 0.15) is 0 Å². The first-order valence-electron chi connectivity index (χ1n) is 5.23. The molecule has 0 saturated heterocycles. The van der Waals surface area contributed by atoms with E-state index in [4.69, 9.17) is 0 Å². The van der Waals surface area contributed by atoms with Gasteiger partial charge in [0.25, 0.3) is 0 Å². The van der Waals surface area contributed by atoms with Crippen molar-refractivity contribution in [2.24, 2.45) is 0 Å². The first kappa shape index (κ1) is 11.1. The lowest BCUT2D eigenvalue weighted by molar-refractivity contribution is -0.242. The van der Waals surface area contributed by atoms with Gasteiger partial charge in [0, 0.05) is 0 Å². The van der Waals surface area contributed by atoms with Crippen LogP contribution in [0.4, 0.5) is 0 Å². The van der Waals surface area contributed by atoms with E-state index in [-0.39, 0.29) is 11.3 Å². The molecule has 2 heteroatoms. The van der Waals surface area contributed by atoms with Crippen molar-refractivity contribution in [3.05, 3.63) is 71.8 Å². The molecule has 0 aliphatic heterocycles. The summed E-state index contributed by atoms with van der Waals surface area (Å²) in [5.41, 5.74) is 1.16. The minimum Gasteiger partial charge on any atom is -0.927 e. The second-order valence-electron chi connectivity index (χ2n) is 3.54. The van der Waals surface area contributed by atoms with Crippen LogP contribution in [-0.4, -0.2) is 6.29 Å². The number of carbonyl (C=O) groups excluding carboxylic acids is 1. The fourth-order valence-corrected chi connectivity index (χ4v) is 1.58. The summed E-state index contributed by atoms with van der Waals surface area (Å²) in [6, 6.07) is 17.6. The van der Waals surface area contributed by atoms with Crippen LogP contribution < -0.4 is 5.11 Å². The molecule has 2 aromatic rings. The lowest BCUT2D eigenvalue weighted by Gasteiger charge is -2.25. The van der Waals surface area contributed by atoms with Crippen LogP contribution in [0.1, 0.15) is 11.1 Å². The monoisotopic (exact) mass is 222 g/mol. The Morgan fingerprint density at radius 2 is 1.29 bits per heavy atom. The van der Waals surface area contributed by atoms with E-state index in [1.807, 2.05) is 12.1 Å². The van der Waals surface area contributed by atoms with Crippen molar-refractivity contribution in [1.82, 2.24) is 0 Å². The largest absolute Gasteiger partial charge is 0.927 e. The van der Waals surface area contributed by atoms with Gasteiger partial charge in [-0.25, -0.2) is 5.76 Å². The Morgan fingerprint density at radius 3 is 1.76 bits per heavy atom. The van der Waals surface area contributed by atoms with Gasteiger partial charge in [-0.3, -0.25) is 0 Å². The zero-order valence-electron chi connectivity index (χ0n) is 9.09. The zero-order valence-corrected chi connectivity index (χ0v) is 9.09. The third-order valence-corrected chi connectivity index (χ3v) is 2.43. The van der Waals surface area contributed by atoms with Crippen LogP contribution in [0.25, 0.3) is 11.3 Å². The summed E-state index contributed by atoms with van der Waals surface area (Å²) >= 11 is 0. The highest BCUT2D eigenvalue weighted by Crippen LogP contribution is 2.20. The SMILES string of the molecule is O=[C-]/C(=C(\[O-])c1ccccc1)c1ccccc1. The van der Waals surface area contributed by atoms with Gasteiger partial charge in [-0.15, -0.1) is 17.7 Å². The molecule has 0 aliphatic rings. The van der Waals surface area contributed by atoms with E-state index < -0.39 is 0 Å². The number of hydrogen-bond donors (Lipinski definition) is 0. The van der Waals surface area contributed by atoms with Crippen LogP contribution in [0, 0.1) is 0 Å². The highest BCUT2D eigenvalue weighted by Gasteiger charge is 1.92. The van der Waals surface area contributed by atoms with Gasteiger partial charge in [-0.1, -0.05) is 54.1 Å². The van der Waals surface area contributed by atoms with Gasteiger partial charge in [0.05, 0.1) is 6.29 Å². The molecule has 0 aliphatic carbocycles. The molecule has 17 heavy (non-hydrogen) atoms. The maximum absolute atomic E-state index is 12.1. The van der Waals surface area contributed by atoms with Crippen LogP contribution in [0.5, 0.6) is 0 Å². The average molecular weight is 222 g/mol. The Morgan fingerprint density at radius 1 is 0.824 bits per heavy atom. The number of allylic oxidation sites excluding steroid dienone is 1. The molecule has 0 unspecified atom stereocenters. The molecule has 0 fully saturated rings. The van der Waals surface area contributed by atoms with Crippen molar-refractivity contribution >= 4 is 17.6 Å². The molecule has 0 spiro atoms. The Kier molecular flexibility index (Phi) is 3.36. The van der Waals surface area contributed by atoms with E-state index >= 15 is 0 Å². The highest BCUT2D eigenvalue weighted by molar-refractivity contribution is 6.15. The summed E-state index contributed by atoms with van der Waals surface area (Å²) in [7, 11) is 0. The van der Waals surface area contributed by atoms with Crippen molar-refractivity contribution in [2.45, 2.75) is 0 Å². The first-order chi connectivity index (χ1) is 8.33. The molecule has 0 radical (unpaired) electrons. The Balaban J connectivity index is 2.52. The molecule has 0 aromatic heterocycles. The minimum absolute atomic E-state index is 0.0665. The molecule has 0 atom stereocenters. The van der Waals surface area contributed by atoms with E-state index in [1.165, 1.54) is 0 Å². The van der Waals surface area contributed by atoms with Crippen molar-refractivity contribution in [3.8, 4) is 0 Å². The van der Waals surface area contributed by atoms with Crippen LogP contribution in [-0.2, 0) is 4.79 Å². The van der Waals surface area contributed by atoms with Crippen LogP contribution >= 0.6 is 0 Å². The predicted octanol–water partition coefficient (Wildman–Crippen LogP) is 2.02. The molecular weight excluding hydrogens is 212 g/mol. The molecule has 2 rings (SSSR count). The van der Waals surface area contributed by atoms with Gasteiger partial charge < -0.3 is 9.90 Å². The van der Waals surface area contributed by atoms with E-state index in [0.29, 0.717) is 11.1 Å². The predicted molar refractivity (Wildman–Crippen MR) is 65.4 cm³/mol. The third kappa shape index (κ3) is 2.42. The number of benzene rings is 2. The fraction of sp³-hybridized carbons (Fsp3) is 0. The van der Waals surface area contributed by atoms with Crippen molar-refractivity contribution < 1.29 is 9.90 Å². The first-order valence-corrected chi connectivity index (χ1v) is 5.23. The maximum atomic E-state index is 12.1. The van der Waals surface area contributed by atoms with Gasteiger partial charge >= 0.3 is 0 Å². The van der Waals surface area contributed by atoms with Crippen molar-refractivity contribution in [1.29, 1.82) is 0 Å². The molecule has 0 bridgehead atoms. The topological polar surface area (TPSA) is 40.1 Å². The molecule has 2 nitrogen and oxygen atoms in total. The van der Waals surface area contributed by atoms with Gasteiger partial charge in [-0.05, 0) is 0 Å². The van der Waals surface area contributed by atoms with E-state index in [1.54, 1.807) is 54.8 Å².